The van der Waals surface area contributed by atoms with E-state index in [0.29, 0.717) is 23.1 Å². The van der Waals surface area contributed by atoms with Gasteiger partial charge in [-0.2, -0.15) is 4.98 Å². The molecule has 0 saturated heterocycles. The maximum Gasteiger partial charge on any atom is 0.291 e. The van der Waals surface area contributed by atoms with Gasteiger partial charge in [0, 0.05) is 23.6 Å². The molecule has 0 saturated carbocycles. The number of nitrogens with zero attached hydrogens (tertiary/aromatic N) is 3. The molecule has 0 fully saturated rings. The molecular formula is C24H16N4O3. The van der Waals surface area contributed by atoms with Crippen LogP contribution in [0.15, 0.2) is 95.9 Å². The summed E-state index contributed by atoms with van der Waals surface area (Å²) in [7, 11) is 0. The van der Waals surface area contributed by atoms with Gasteiger partial charge in [0.2, 0.25) is 5.88 Å². The van der Waals surface area contributed by atoms with Gasteiger partial charge in [0.25, 0.3) is 5.91 Å². The normalized spacial score (nSPS) is 10.7. The Morgan fingerprint density at radius 3 is 2.55 bits per heavy atom. The molecule has 0 radical (unpaired) electrons. The Bertz CT molecular complexity index is 1330. The third kappa shape index (κ3) is 3.97. The largest absolute Gasteiger partial charge is 0.459 e. The summed E-state index contributed by atoms with van der Waals surface area (Å²) in [5, 5.41) is 3.57. The first-order chi connectivity index (χ1) is 15.3. The van der Waals surface area contributed by atoms with Crippen molar-refractivity contribution in [1.82, 2.24) is 15.0 Å². The highest BCUT2D eigenvalue weighted by molar-refractivity contribution is 6.02. The quantitative estimate of drug-likeness (QED) is 0.423. The first-order valence-corrected chi connectivity index (χ1v) is 9.56. The standard InChI is InChI=1S/C24H16N4O3/c29-23(21-8-4-14-30-21)26-17-9-11-18(12-10-17)31-24-19-6-1-2-7-20(19)27-22(28-24)16-5-3-13-25-15-16/h1-15H,(H,26,29). The Morgan fingerprint density at radius 2 is 1.77 bits per heavy atom. The topological polar surface area (TPSA) is 90.1 Å². The minimum atomic E-state index is -0.318. The van der Waals surface area contributed by atoms with Crippen molar-refractivity contribution in [3.63, 3.8) is 0 Å². The van der Waals surface area contributed by atoms with Gasteiger partial charge in [-0.3, -0.25) is 9.78 Å². The number of hydrogen-bond donors (Lipinski definition) is 1. The predicted octanol–water partition coefficient (Wildman–Crippen LogP) is 5.33. The fourth-order valence-electron chi connectivity index (χ4n) is 3.07. The Balaban J connectivity index is 1.43. The van der Waals surface area contributed by atoms with Crippen LogP contribution < -0.4 is 10.1 Å². The number of hydrogen-bond acceptors (Lipinski definition) is 6. The minimum Gasteiger partial charge on any atom is -0.459 e. The number of ether oxygens (including phenoxy) is 1. The van der Waals surface area contributed by atoms with Crippen LogP contribution in [0.25, 0.3) is 22.3 Å². The van der Waals surface area contributed by atoms with Crippen molar-refractivity contribution in [3.05, 3.63) is 97.2 Å². The number of nitrogens with one attached hydrogen (secondary N) is 1. The molecule has 0 aliphatic heterocycles. The summed E-state index contributed by atoms with van der Waals surface area (Å²) in [6, 6.07) is 21.7. The van der Waals surface area contributed by atoms with Gasteiger partial charge < -0.3 is 14.5 Å². The lowest BCUT2D eigenvalue weighted by Crippen LogP contribution is -2.10. The number of aromatic nitrogens is 3. The summed E-state index contributed by atoms with van der Waals surface area (Å²) in [5.74, 6) is 1.48. The van der Waals surface area contributed by atoms with E-state index in [9.17, 15) is 4.79 Å². The lowest BCUT2D eigenvalue weighted by atomic mass is 10.2. The minimum absolute atomic E-state index is 0.246. The van der Waals surface area contributed by atoms with Gasteiger partial charge in [0.15, 0.2) is 11.6 Å². The number of fused-ring (bicyclic) bond motifs is 1. The Labute approximate surface area is 177 Å². The van der Waals surface area contributed by atoms with Crippen molar-refractivity contribution < 1.29 is 13.9 Å². The van der Waals surface area contributed by atoms with Crippen molar-refractivity contribution in [1.29, 1.82) is 0 Å². The van der Waals surface area contributed by atoms with Crippen LogP contribution in [0.1, 0.15) is 10.6 Å². The van der Waals surface area contributed by atoms with E-state index in [-0.39, 0.29) is 11.7 Å². The second kappa shape index (κ2) is 8.08. The Morgan fingerprint density at radius 1 is 0.903 bits per heavy atom. The van der Waals surface area contributed by atoms with Crippen molar-refractivity contribution in [2.75, 3.05) is 5.32 Å². The fourth-order valence-corrected chi connectivity index (χ4v) is 3.07. The molecule has 0 spiro atoms. The molecule has 3 heterocycles. The summed E-state index contributed by atoms with van der Waals surface area (Å²) in [6.45, 7) is 0. The van der Waals surface area contributed by atoms with Crippen molar-refractivity contribution in [2.24, 2.45) is 0 Å². The van der Waals surface area contributed by atoms with Crippen LogP contribution in [-0.2, 0) is 0 Å². The summed E-state index contributed by atoms with van der Waals surface area (Å²) >= 11 is 0. The van der Waals surface area contributed by atoms with E-state index in [1.165, 1.54) is 6.26 Å². The molecule has 150 valence electrons. The molecule has 31 heavy (non-hydrogen) atoms. The first kappa shape index (κ1) is 18.5. The van der Waals surface area contributed by atoms with Crippen LogP contribution in [0.4, 0.5) is 5.69 Å². The molecule has 1 amide bonds. The van der Waals surface area contributed by atoms with E-state index in [1.807, 2.05) is 36.4 Å². The molecule has 2 aromatic carbocycles. The third-order valence-corrected chi connectivity index (χ3v) is 4.56. The smallest absolute Gasteiger partial charge is 0.291 e. The van der Waals surface area contributed by atoms with Gasteiger partial charge in [-0.1, -0.05) is 12.1 Å². The SMILES string of the molecule is O=C(Nc1ccc(Oc2nc(-c3cccnc3)nc3ccccc23)cc1)c1ccco1. The second-order valence-electron chi connectivity index (χ2n) is 6.67. The van der Waals surface area contributed by atoms with Crippen molar-refractivity contribution in [2.45, 2.75) is 0 Å². The van der Waals surface area contributed by atoms with E-state index in [1.54, 1.807) is 48.8 Å². The highest BCUT2D eigenvalue weighted by Gasteiger charge is 2.12. The molecule has 3 aromatic heterocycles. The van der Waals surface area contributed by atoms with E-state index in [2.05, 4.69) is 20.3 Å². The molecule has 0 aliphatic rings. The van der Waals surface area contributed by atoms with E-state index < -0.39 is 0 Å². The lowest BCUT2D eigenvalue weighted by Gasteiger charge is -2.11. The fraction of sp³-hybridized carbons (Fsp3) is 0. The number of anilines is 1. The van der Waals surface area contributed by atoms with Crippen molar-refractivity contribution in [3.8, 4) is 23.0 Å². The molecule has 7 heteroatoms. The Hall–Kier alpha value is -4.52. The summed E-state index contributed by atoms with van der Waals surface area (Å²) < 4.78 is 11.2. The monoisotopic (exact) mass is 408 g/mol. The third-order valence-electron chi connectivity index (χ3n) is 4.56. The highest BCUT2D eigenvalue weighted by atomic mass is 16.5. The number of amides is 1. The zero-order chi connectivity index (χ0) is 21.0. The molecular weight excluding hydrogens is 392 g/mol. The van der Waals surface area contributed by atoms with Gasteiger partial charge in [0.05, 0.1) is 17.2 Å². The number of carbonyl (C=O) groups excluding carboxylic acids is 1. The number of carbonyl (C=O) groups is 1. The molecule has 0 unspecified atom stereocenters. The van der Waals surface area contributed by atoms with E-state index in [0.717, 1.165) is 16.5 Å². The van der Waals surface area contributed by atoms with Crippen LogP contribution in [0.3, 0.4) is 0 Å². The van der Waals surface area contributed by atoms with Crippen LogP contribution in [-0.4, -0.2) is 20.9 Å². The summed E-state index contributed by atoms with van der Waals surface area (Å²) in [5.41, 5.74) is 2.19. The number of furan rings is 1. The average molecular weight is 408 g/mol. The molecule has 5 aromatic rings. The van der Waals surface area contributed by atoms with Crippen LogP contribution >= 0.6 is 0 Å². The van der Waals surface area contributed by atoms with Gasteiger partial charge in [-0.05, 0) is 60.7 Å². The molecule has 1 N–H and O–H groups in total. The summed E-state index contributed by atoms with van der Waals surface area (Å²) in [4.78, 5) is 25.5. The number of benzene rings is 2. The molecule has 7 nitrogen and oxygen atoms in total. The molecule has 0 bridgehead atoms. The van der Waals surface area contributed by atoms with Crippen molar-refractivity contribution >= 4 is 22.5 Å². The van der Waals surface area contributed by atoms with E-state index in [4.69, 9.17) is 9.15 Å². The molecule has 0 aliphatic carbocycles. The zero-order valence-corrected chi connectivity index (χ0v) is 16.2. The molecule has 0 atom stereocenters. The van der Waals surface area contributed by atoms with Gasteiger partial charge in [-0.25, -0.2) is 4.98 Å². The van der Waals surface area contributed by atoms with Gasteiger partial charge >= 0.3 is 0 Å². The number of rotatable bonds is 5. The van der Waals surface area contributed by atoms with E-state index >= 15 is 0 Å². The Kier molecular flexibility index (Phi) is 4.82. The second-order valence-corrected chi connectivity index (χ2v) is 6.67. The first-order valence-electron chi connectivity index (χ1n) is 9.56. The maximum atomic E-state index is 12.1. The van der Waals surface area contributed by atoms with Crippen LogP contribution in [0, 0.1) is 0 Å². The average Bonchev–Trinajstić information content (AvgIpc) is 3.36. The van der Waals surface area contributed by atoms with Crippen LogP contribution in [0.5, 0.6) is 11.6 Å². The predicted molar refractivity (Wildman–Crippen MR) is 116 cm³/mol. The zero-order valence-electron chi connectivity index (χ0n) is 16.2. The lowest BCUT2D eigenvalue weighted by molar-refractivity contribution is 0.0996. The number of para-hydroxylation sites is 1. The highest BCUT2D eigenvalue weighted by Crippen LogP contribution is 2.30. The summed E-state index contributed by atoms with van der Waals surface area (Å²) in [6.07, 6.45) is 4.87. The van der Waals surface area contributed by atoms with Crippen LogP contribution in [0.2, 0.25) is 0 Å². The van der Waals surface area contributed by atoms with Gasteiger partial charge in [0.1, 0.15) is 5.75 Å². The maximum absolute atomic E-state index is 12.1. The molecule has 5 rings (SSSR count). The van der Waals surface area contributed by atoms with Gasteiger partial charge in [-0.15, -0.1) is 0 Å². The number of pyridine rings is 1.